The number of amides is 2. The fourth-order valence-electron chi connectivity index (χ4n) is 4.31. The molecule has 172 valence electrons. The predicted octanol–water partition coefficient (Wildman–Crippen LogP) is 3.47. The molecule has 0 aromatic carbocycles. The topological polar surface area (TPSA) is 65.5 Å². The lowest BCUT2D eigenvalue weighted by molar-refractivity contribution is -0.137. The largest absolute Gasteiger partial charge is 0.419 e. The number of halogens is 3. The first-order valence-corrected chi connectivity index (χ1v) is 11.6. The molecule has 0 saturated carbocycles. The van der Waals surface area contributed by atoms with Gasteiger partial charge in [-0.3, -0.25) is 9.59 Å². The van der Waals surface area contributed by atoms with Crippen molar-refractivity contribution in [3.05, 3.63) is 45.8 Å². The standard InChI is InChI=1S/C22H25F3N4O2S/c23-22(24,25)17-4-1-8-26-20(17)29-10-2-3-16(14-29)21(31)27-9-5-19(30)28-11-6-18-15(13-28)7-12-32-18/h1,4,7-8,12,16H,2-3,5-6,9-11,13-14H2,(H,27,31). The van der Waals surface area contributed by atoms with E-state index in [1.54, 1.807) is 11.3 Å². The Morgan fingerprint density at radius 1 is 1.25 bits per heavy atom. The van der Waals surface area contributed by atoms with Crippen molar-refractivity contribution in [1.29, 1.82) is 0 Å². The molecule has 2 aromatic heterocycles. The van der Waals surface area contributed by atoms with Crippen LogP contribution in [0.4, 0.5) is 19.0 Å². The summed E-state index contributed by atoms with van der Waals surface area (Å²) in [5.41, 5.74) is 0.399. The first kappa shape index (κ1) is 22.6. The van der Waals surface area contributed by atoms with E-state index in [9.17, 15) is 22.8 Å². The van der Waals surface area contributed by atoms with Crippen LogP contribution in [-0.4, -0.2) is 47.9 Å². The van der Waals surface area contributed by atoms with Crippen LogP contribution in [0.25, 0.3) is 0 Å². The van der Waals surface area contributed by atoms with Crippen LogP contribution in [0.5, 0.6) is 0 Å². The van der Waals surface area contributed by atoms with Crippen molar-refractivity contribution in [1.82, 2.24) is 15.2 Å². The lowest BCUT2D eigenvalue weighted by Gasteiger charge is -2.34. The molecule has 0 spiro atoms. The average Bonchev–Trinajstić information content (AvgIpc) is 3.26. The maximum absolute atomic E-state index is 13.3. The minimum Gasteiger partial charge on any atom is -0.355 e. The number of nitrogens with one attached hydrogen (secondary N) is 1. The van der Waals surface area contributed by atoms with Crippen LogP contribution in [0.15, 0.2) is 29.8 Å². The fourth-order valence-corrected chi connectivity index (χ4v) is 5.20. The Morgan fingerprint density at radius 2 is 2.09 bits per heavy atom. The lowest BCUT2D eigenvalue weighted by atomic mass is 9.96. The summed E-state index contributed by atoms with van der Waals surface area (Å²) in [6, 6.07) is 4.32. The average molecular weight is 467 g/mol. The summed E-state index contributed by atoms with van der Waals surface area (Å²) < 4.78 is 40.0. The number of thiophene rings is 1. The molecule has 1 fully saturated rings. The van der Waals surface area contributed by atoms with Crippen LogP contribution in [0.2, 0.25) is 0 Å². The van der Waals surface area contributed by atoms with E-state index >= 15 is 0 Å². The van der Waals surface area contributed by atoms with Crippen LogP contribution in [0, 0.1) is 5.92 Å². The van der Waals surface area contributed by atoms with Gasteiger partial charge in [-0.2, -0.15) is 13.2 Å². The molecule has 4 rings (SSSR count). The van der Waals surface area contributed by atoms with E-state index in [0.29, 0.717) is 32.5 Å². The number of rotatable bonds is 5. The Balaban J connectivity index is 1.28. The van der Waals surface area contributed by atoms with E-state index < -0.39 is 17.7 Å². The second kappa shape index (κ2) is 9.48. The highest BCUT2D eigenvalue weighted by atomic mass is 32.1. The predicted molar refractivity (Wildman–Crippen MR) is 115 cm³/mol. The van der Waals surface area contributed by atoms with Gasteiger partial charge in [0, 0.05) is 50.2 Å². The summed E-state index contributed by atoms with van der Waals surface area (Å²) in [4.78, 5) is 33.8. The number of carbonyl (C=O) groups excluding carboxylic acids is 2. The van der Waals surface area contributed by atoms with E-state index in [-0.39, 0.29) is 37.1 Å². The van der Waals surface area contributed by atoms with Crippen molar-refractivity contribution in [3.8, 4) is 0 Å². The van der Waals surface area contributed by atoms with E-state index in [1.165, 1.54) is 27.6 Å². The number of piperidine rings is 1. The van der Waals surface area contributed by atoms with Crippen molar-refractivity contribution >= 4 is 29.0 Å². The Bertz CT molecular complexity index is 978. The van der Waals surface area contributed by atoms with Gasteiger partial charge in [0.1, 0.15) is 5.82 Å². The van der Waals surface area contributed by atoms with Crippen LogP contribution in [0.3, 0.4) is 0 Å². The summed E-state index contributed by atoms with van der Waals surface area (Å²) >= 11 is 1.71. The fraction of sp³-hybridized carbons (Fsp3) is 0.500. The van der Waals surface area contributed by atoms with Gasteiger partial charge in [-0.15, -0.1) is 11.3 Å². The molecule has 10 heteroatoms. The molecule has 2 aliphatic heterocycles. The van der Waals surface area contributed by atoms with Gasteiger partial charge in [0.25, 0.3) is 0 Å². The number of anilines is 1. The monoisotopic (exact) mass is 466 g/mol. The van der Waals surface area contributed by atoms with Gasteiger partial charge in [-0.25, -0.2) is 4.98 Å². The number of hydrogen-bond donors (Lipinski definition) is 1. The minimum absolute atomic E-state index is 0.00396. The van der Waals surface area contributed by atoms with E-state index in [1.807, 2.05) is 16.3 Å². The van der Waals surface area contributed by atoms with Crippen molar-refractivity contribution in [2.75, 3.05) is 31.1 Å². The van der Waals surface area contributed by atoms with E-state index in [4.69, 9.17) is 0 Å². The quantitative estimate of drug-likeness (QED) is 0.733. The van der Waals surface area contributed by atoms with Crippen LogP contribution >= 0.6 is 11.3 Å². The number of alkyl halides is 3. The SMILES string of the molecule is O=C(NCCC(=O)N1CCc2sccc2C1)C1CCCN(c2ncccc2C(F)(F)F)C1. The molecular weight excluding hydrogens is 441 g/mol. The van der Waals surface area contributed by atoms with Gasteiger partial charge >= 0.3 is 6.18 Å². The smallest absolute Gasteiger partial charge is 0.355 e. The third-order valence-electron chi connectivity index (χ3n) is 5.98. The molecule has 2 aromatic rings. The molecule has 0 aliphatic carbocycles. The summed E-state index contributed by atoms with van der Waals surface area (Å²) in [6.07, 6.45) is -0.910. The Hall–Kier alpha value is -2.62. The number of pyridine rings is 1. The Kier molecular flexibility index (Phi) is 6.68. The molecule has 0 bridgehead atoms. The molecule has 0 radical (unpaired) electrons. The van der Waals surface area contributed by atoms with Gasteiger partial charge in [-0.1, -0.05) is 0 Å². The van der Waals surface area contributed by atoms with Crippen molar-refractivity contribution in [2.45, 2.75) is 38.4 Å². The minimum atomic E-state index is -4.50. The Morgan fingerprint density at radius 3 is 2.91 bits per heavy atom. The summed E-state index contributed by atoms with van der Waals surface area (Å²) in [5.74, 6) is -0.808. The molecule has 4 heterocycles. The van der Waals surface area contributed by atoms with Gasteiger partial charge < -0.3 is 15.1 Å². The van der Waals surface area contributed by atoms with Crippen molar-refractivity contribution in [3.63, 3.8) is 0 Å². The highest BCUT2D eigenvalue weighted by Gasteiger charge is 2.37. The van der Waals surface area contributed by atoms with Crippen LogP contribution < -0.4 is 10.2 Å². The summed E-state index contributed by atoms with van der Waals surface area (Å²) in [5, 5.41) is 4.84. The zero-order valence-corrected chi connectivity index (χ0v) is 18.3. The van der Waals surface area contributed by atoms with Gasteiger partial charge in [-0.05, 0) is 48.4 Å². The second-order valence-corrected chi connectivity index (χ2v) is 9.13. The first-order chi connectivity index (χ1) is 15.3. The maximum Gasteiger partial charge on any atom is 0.419 e. The Labute approximate surface area is 188 Å². The number of carbonyl (C=O) groups is 2. The van der Waals surface area contributed by atoms with E-state index in [0.717, 1.165) is 12.5 Å². The molecular formula is C22H25F3N4O2S. The maximum atomic E-state index is 13.3. The van der Waals surface area contributed by atoms with Crippen molar-refractivity contribution in [2.24, 2.45) is 5.92 Å². The van der Waals surface area contributed by atoms with E-state index in [2.05, 4.69) is 10.3 Å². The third kappa shape index (κ3) is 5.06. The molecule has 1 N–H and O–H groups in total. The molecule has 2 amide bonds. The second-order valence-electron chi connectivity index (χ2n) is 8.13. The summed E-state index contributed by atoms with van der Waals surface area (Å²) in [7, 11) is 0. The molecule has 1 unspecified atom stereocenters. The number of fused-ring (bicyclic) bond motifs is 1. The van der Waals surface area contributed by atoms with Gasteiger partial charge in [0.15, 0.2) is 0 Å². The normalized spacial score (nSPS) is 18.9. The molecule has 1 atom stereocenters. The number of nitrogens with zero attached hydrogens (tertiary/aromatic N) is 3. The molecule has 32 heavy (non-hydrogen) atoms. The van der Waals surface area contributed by atoms with Gasteiger partial charge in [0.05, 0.1) is 11.5 Å². The first-order valence-electron chi connectivity index (χ1n) is 10.7. The number of hydrogen-bond acceptors (Lipinski definition) is 5. The zero-order valence-electron chi connectivity index (χ0n) is 17.5. The highest BCUT2D eigenvalue weighted by molar-refractivity contribution is 7.10. The molecule has 1 saturated heterocycles. The molecule has 2 aliphatic rings. The third-order valence-corrected chi connectivity index (χ3v) is 7.01. The lowest BCUT2D eigenvalue weighted by Crippen LogP contribution is -2.45. The number of aromatic nitrogens is 1. The van der Waals surface area contributed by atoms with Gasteiger partial charge in [0.2, 0.25) is 11.8 Å². The van der Waals surface area contributed by atoms with Crippen LogP contribution in [-0.2, 0) is 28.7 Å². The zero-order chi connectivity index (χ0) is 22.7. The molecule has 6 nitrogen and oxygen atoms in total. The van der Waals surface area contributed by atoms with Crippen LogP contribution in [0.1, 0.15) is 35.3 Å². The highest BCUT2D eigenvalue weighted by Crippen LogP contribution is 2.36. The van der Waals surface area contributed by atoms with Crippen molar-refractivity contribution < 1.29 is 22.8 Å². The summed E-state index contributed by atoms with van der Waals surface area (Å²) in [6.45, 7) is 2.10.